The van der Waals surface area contributed by atoms with Gasteiger partial charge in [0.1, 0.15) is 0 Å². The third-order valence-corrected chi connectivity index (χ3v) is 13.4. The Bertz CT molecular complexity index is 1210. The van der Waals surface area contributed by atoms with Crippen LogP contribution in [0.25, 0.3) is 0 Å². The van der Waals surface area contributed by atoms with Crippen LogP contribution in [0.1, 0.15) is 62.5 Å². The van der Waals surface area contributed by atoms with E-state index in [-0.39, 0.29) is 11.5 Å². The van der Waals surface area contributed by atoms with Crippen molar-refractivity contribution in [2.24, 2.45) is 0 Å². The summed E-state index contributed by atoms with van der Waals surface area (Å²) < 4.78 is 0. The van der Waals surface area contributed by atoms with Gasteiger partial charge in [-0.1, -0.05) is 0 Å². The first-order chi connectivity index (χ1) is 19.5. The Morgan fingerprint density at radius 3 is 1.27 bits per heavy atom. The second-order valence-corrected chi connectivity index (χ2v) is 14.9. The summed E-state index contributed by atoms with van der Waals surface area (Å²) in [4.78, 5) is 0. The van der Waals surface area contributed by atoms with Crippen molar-refractivity contribution in [2.75, 3.05) is 6.16 Å². The number of benzene rings is 4. The van der Waals surface area contributed by atoms with Crippen LogP contribution < -0.4 is 15.9 Å². The van der Waals surface area contributed by atoms with Crippen molar-refractivity contribution in [1.82, 2.24) is 0 Å². The molecule has 0 unspecified atom stereocenters. The normalized spacial score (nSPS) is 11.9. The van der Waals surface area contributed by atoms with Gasteiger partial charge in [-0.2, -0.15) is 0 Å². The molecule has 0 aliphatic carbocycles. The quantitative estimate of drug-likeness (QED) is 0.0571. The van der Waals surface area contributed by atoms with E-state index >= 15 is 0 Å². The van der Waals surface area contributed by atoms with Crippen LogP contribution in [-0.4, -0.2) is 26.6 Å². The van der Waals surface area contributed by atoms with E-state index in [1.165, 1.54) is 54.2 Å². The molecule has 40 heavy (non-hydrogen) atoms. The van der Waals surface area contributed by atoms with Gasteiger partial charge in [-0.3, -0.25) is 0 Å². The zero-order chi connectivity index (χ0) is 28.4. The van der Waals surface area contributed by atoms with E-state index in [1.807, 2.05) is 0 Å². The number of hydrogen-bond donors (Lipinski definition) is 4. The van der Waals surface area contributed by atoms with Crippen molar-refractivity contribution in [2.45, 2.75) is 64.7 Å². The molecule has 4 aromatic rings. The number of hydrogen-bond acceptors (Lipinski definition) is 4. The number of phenols is 4. The number of unbranched alkanes of at least 4 members (excludes halogenated alkanes) is 7. The van der Waals surface area contributed by atoms with Gasteiger partial charge in [0.05, 0.1) is 0 Å². The third kappa shape index (κ3) is 6.62. The van der Waals surface area contributed by atoms with Gasteiger partial charge in [0.25, 0.3) is 0 Å². The van der Waals surface area contributed by atoms with Gasteiger partial charge in [-0.15, -0.1) is 0 Å². The van der Waals surface area contributed by atoms with Crippen molar-refractivity contribution >= 4 is 23.2 Å². The van der Waals surface area contributed by atoms with E-state index in [0.29, 0.717) is 17.5 Å². The monoisotopic (exact) mass is 558 g/mol. The average molecular weight is 559 g/mol. The zero-order valence-corrected chi connectivity index (χ0v) is 24.5. The summed E-state index contributed by atoms with van der Waals surface area (Å²) in [5, 5.41) is 44.1. The molecule has 212 valence electrons. The van der Waals surface area contributed by atoms with Crippen molar-refractivity contribution in [3.05, 3.63) is 102 Å². The molecule has 0 spiro atoms. The van der Waals surface area contributed by atoms with Crippen molar-refractivity contribution in [1.29, 1.82) is 0 Å². The summed E-state index contributed by atoms with van der Waals surface area (Å²) in [6.45, 7) is 1.65. The Morgan fingerprint density at radius 1 is 0.450 bits per heavy atom. The van der Waals surface area contributed by atoms with Crippen LogP contribution in [0, 0.1) is 6.92 Å². The van der Waals surface area contributed by atoms with Crippen molar-refractivity contribution < 1.29 is 20.4 Å². The number of aromatic hydroxyl groups is 4. The summed E-state index contributed by atoms with van der Waals surface area (Å²) in [5.74, 6) is -1.98. The first kappa shape index (κ1) is 29.5. The minimum absolute atomic E-state index is 0.325. The summed E-state index contributed by atoms with van der Waals surface area (Å²) >= 11 is 0. The first-order valence-electron chi connectivity index (χ1n) is 14.6. The Balaban J connectivity index is 1.29. The van der Waals surface area contributed by atoms with Crippen LogP contribution in [-0.2, 0) is 6.42 Å². The number of phenolic OH excluding ortho intramolecular Hbond substituents is 4. The molecule has 0 heterocycles. The van der Waals surface area contributed by atoms with E-state index in [1.54, 1.807) is 6.92 Å². The van der Waals surface area contributed by atoms with Gasteiger partial charge in [0, 0.05) is 0 Å². The molecule has 4 rings (SSSR count). The SMILES string of the molecule is Cc1c(O)c(O)c(O)c(O)c1CCCCCCCCCC[PH](c1ccccc1)(c1ccccc1)c1ccccc1. The second-order valence-electron chi connectivity index (χ2n) is 10.8. The van der Waals surface area contributed by atoms with E-state index in [9.17, 15) is 20.4 Å². The minimum atomic E-state index is -2.13. The van der Waals surface area contributed by atoms with Crippen LogP contribution in [0.15, 0.2) is 91.0 Å². The molecule has 0 radical (unpaired) electrons. The predicted octanol–water partition coefficient (Wildman–Crippen LogP) is 7.21. The standard InChI is InChI=1S/C35H43O4P/c1-27-31(33(37)35(39)34(38)32(27)36)25-17-6-4-2-3-5-7-18-26-40(28-19-11-8-12-20-28,29-21-13-9-14-22-29)30-23-15-10-16-24-30/h8-16,19-24,36-40H,2-7,17-18,25-26H2,1H3. The molecule has 0 saturated carbocycles. The Hall–Kier alpha value is -3.49. The topological polar surface area (TPSA) is 80.9 Å². The molecular weight excluding hydrogens is 515 g/mol. The molecular formula is C35H43O4P. The molecule has 5 heteroatoms. The zero-order valence-electron chi connectivity index (χ0n) is 23.5. The maximum atomic E-state index is 10.2. The van der Waals surface area contributed by atoms with Gasteiger partial charge in [-0.25, -0.2) is 0 Å². The first-order valence-corrected chi connectivity index (χ1v) is 16.8. The van der Waals surface area contributed by atoms with Crippen molar-refractivity contribution in [3.63, 3.8) is 0 Å². The average Bonchev–Trinajstić information content (AvgIpc) is 3.01. The van der Waals surface area contributed by atoms with Crippen LogP contribution >= 0.6 is 7.26 Å². The van der Waals surface area contributed by atoms with Gasteiger partial charge < -0.3 is 20.4 Å². The van der Waals surface area contributed by atoms with Gasteiger partial charge in [-0.05, 0) is 6.92 Å². The molecule has 0 aliphatic rings. The predicted molar refractivity (Wildman–Crippen MR) is 170 cm³/mol. The van der Waals surface area contributed by atoms with Crippen LogP contribution in [0.3, 0.4) is 0 Å². The molecule has 4 nitrogen and oxygen atoms in total. The molecule has 0 atom stereocenters. The van der Waals surface area contributed by atoms with Gasteiger partial charge in [0.15, 0.2) is 5.75 Å². The molecule has 0 fully saturated rings. The number of rotatable bonds is 14. The molecule has 0 amide bonds. The van der Waals surface area contributed by atoms with E-state index in [2.05, 4.69) is 91.0 Å². The van der Waals surface area contributed by atoms with Gasteiger partial charge in [0.2, 0.25) is 11.5 Å². The molecule has 4 aromatic carbocycles. The van der Waals surface area contributed by atoms with Crippen LogP contribution in [0.4, 0.5) is 0 Å². The molecule has 0 saturated heterocycles. The van der Waals surface area contributed by atoms with E-state index < -0.39 is 18.8 Å². The summed E-state index contributed by atoms with van der Waals surface area (Å²) in [6.07, 6.45) is 10.8. The fourth-order valence-corrected chi connectivity index (χ4v) is 11.0. The van der Waals surface area contributed by atoms with Crippen molar-refractivity contribution in [3.8, 4) is 23.0 Å². The van der Waals surface area contributed by atoms with Gasteiger partial charge >= 0.3 is 195 Å². The molecule has 0 aromatic heterocycles. The fraction of sp³-hybridized carbons (Fsp3) is 0.314. The fourth-order valence-electron chi connectivity index (χ4n) is 6.02. The Kier molecular flexibility index (Phi) is 10.5. The maximum absolute atomic E-state index is 10.2. The molecule has 4 N–H and O–H groups in total. The Morgan fingerprint density at radius 2 is 0.825 bits per heavy atom. The summed E-state index contributed by atoms with van der Waals surface area (Å²) in [7, 11) is -2.13. The summed E-state index contributed by atoms with van der Waals surface area (Å²) in [6, 6.07) is 33.4. The van der Waals surface area contributed by atoms with Crippen LogP contribution in [0.2, 0.25) is 0 Å². The molecule has 0 bridgehead atoms. The molecule has 0 aliphatic heterocycles. The third-order valence-electron chi connectivity index (χ3n) is 8.29. The van der Waals surface area contributed by atoms with Crippen LogP contribution in [0.5, 0.6) is 23.0 Å². The second kappa shape index (κ2) is 14.2. The Labute approximate surface area is 239 Å². The van der Waals surface area contributed by atoms with E-state index in [4.69, 9.17) is 0 Å². The van der Waals surface area contributed by atoms with E-state index in [0.717, 1.165) is 19.3 Å². The summed E-state index contributed by atoms with van der Waals surface area (Å²) in [5.41, 5.74) is 0.935.